The first-order valence-corrected chi connectivity index (χ1v) is 8.07. The summed E-state index contributed by atoms with van der Waals surface area (Å²) in [6, 6.07) is 4.22. The van der Waals surface area contributed by atoms with Crippen molar-refractivity contribution in [1.82, 2.24) is 9.80 Å². The fourth-order valence-corrected chi connectivity index (χ4v) is 3.54. The molecule has 0 amide bonds. The predicted molar refractivity (Wildman–Crippen MR) is 82.4 cm³/mol. The summed E-state index contributed by atoms with van der Waals surface area (Å²) in [6.45, 7) is 2.61. The molecular weight excluding hydrogens is 272 g/mol. The van der Waals surface area contributed by atoms with E-state index in [1.54, 1.807) is 0 Å². The van der Waals surface area contributed by atoms with Crippen molar-refractivity contribution < 1.29 is 9.90 Å². The SMILES string of the molecule is CN(C)CC1CC(O)CN1CCCC(=O)c1cccs1. The Morgan fingerprint density at radius 2 is 2.35 bits per heavy atom. The molecule has 112 valence electrons. The number of carbonyl (C=O) groups is 1. The van der Waals surface area contributed by atoms with Gasteiger partial charge in [0.05, 0.1) is 11.0 Å². The van der Waals surface area contributed by atoms with Crippen LogP contribution in [0.5, 0.6) is 0 Å². The molecule has 0 bridgehead atoms. The van der Waals surface area contributed by atoms with Crippen molar-refractivity contribution in [1.29, 1.82) is 0 Å². The van der Waals surface area contributed by atoms with Gasteiger partial charge < -0.3 is 10.0 Å². The lowest BCUT2D eigenvalue weighted by Crippen LogP contribution is -2.38. The number of carbonyl (C=O) groups excluding carboxylic acids is 1. The molecule has 1 aliphatic heterocycles. The van der Waals surface area contributed by atoms with Crippen molar-refractivity contribution in [2.75, 3.05) is 33.7 Å². The molecule has 1 N–H and O–H groups in total. The van der Waals surface area contributed by atoms with Crippen LogP contribution in [-0.2, 0) is 0 Å². The van der Waals surface area contributed by atoms with Gasteiger partial charge in [-0.15, -0.1) is 11.3 Å². The fourth-order valence-electron chi connectivity index (χ4n) is 2.85. The molecule has 4 nitrogen and oxygen atoms in total. The minimum Gasteiger partial charge on any atom is -0.392 e. The first-order chi connectivity index (χ1) is 9.56. The van der Waals surface area contributed by atoms with E-state index < -0.39 is 0 Å². The molecule has 2 atom stereocenters. The molecule has 0 radical (unpaired) electrons. The fraction of sp³-hybridized carbons (Fsp3) is 0.667. The normalized spacial score (nSPS) is 23.6. The van der Waals surface area contributed by atoms with Crippen LogP contribution in [0.3, 0.4) is 0 Å². The Balaban J connectivity index is 1.76. The van der Waals surface area contributed by atoms with Gasteiger partial charge in [0.25, 0.3) is 0 Å². The first-order valence-electron chi connectivity index (χ1n) is 7.20. The first kappa shape index (κ1) is 15.6. The average Bonchev–Trinajstić information content (AvgIpc) is 2.99. The van der Waals surface area contributed by atoms with Gasteiger partial charge >= 0.3 is 0 Å². The van der Waals surface area contributed by atoms with Crippen molar-refractivity contribution in [3.05, 3.63) is 22.4 Å². The number of Topliss-reactive ketones (excluding diaryl/α,β-unsaturated/α-hetero) is 1. The molecule has 0 saturated carbocycles. The number of hydrogen-bond acceptors (Lipinski definition) is 5. The van der Waals surface area contributed by atoms with Crippen molar-refractivity contribution in [3.8, 4) is 0 Å². The number of ketones is 1. The highest BCUT2D eigenvalue weighted by Crippen LogP contribution is 2.20. The summed E-state index contributed by atoms with van der Waals surface area (Å²) in [5, 5.41) is 11.8. The third-order valence-electron chi connectivity index (χ3n) is 3.73. The Bertz CT molecular complexity index is 420. The summed E-state index contributed by atoms with van der Waals surface area (Å²) in [5.74, 6) is 0.240. The molecule has 2 heterocycles. The molecule has 20 heavy (non-hydrogen) atoms. The van der Waals surface area contributed by atoms with Crippen molar-refractivity contribution in [2.24, 2.45) is 0 Å². The zero-order valence-electron chi connectivity index (χ0n) is 12.3. The van der Waals surface area contributed by atoms with Gasteiger partial charge in [-0.1, -0.05) is 6.07 Å². The maximum absolute atomic E-state index is 11.9. The number of thiophene rings is 1. The standard InChI is InChI=1S/C15H24N2O2S/c1-16(2)10-12-9-13(18)11-17(12)7-3-5-14(19)15-6-4-8-20-15/h4,6,8,12-13,18H,3,5,7,9-11H2,1-2H3. The number of β-amino-alcohol motifs (C(OH)–C–C–N with tert-alkyl or cyclic N) is 1. The third kappa shape index (κ3) is 4.38. The van der Waals surface area contributed by atoms with Crippen LogP contribution in [0.4, 0.5) is 0 Å². The van der Waals surface area contributed by atoms with Crippen LogP contribution < -0.4 is 0 Å². The number of nitrogens with zero attached hydrogens (tertiary/aromatic N) is 2. The van der Waals surface area contributed by atoms with Gasteiger partial charge in [-0.2, -0.15) is 0 Å². The van der Waals surface area contributed by atoms with Crippen LogP contribution >= 0.6 is 11.3 Å². The largest absolute Gasteiger partial charge is 0.392 e. The predicted octanol–water partition coefficient (Wildman–Crippen LogP) is 1.71. The molecule has 0 spiro atoms. The van der Waals surface area contributed by atoms with Crippen molar-refractivity contribution >= 4 is 17.1 Å². The Labute approximate surface area is 125 Å². The number of likely N-dealkylation sites (N-methyl/N-ethyl adjacent to an activating group) is 1. The Hall–Kier alpha value is -0.750. The summed E-state index contributed by atoms with van der Waals surface area (Å²) in [4.78, 5) is 17.3. The number of likely N-dealkylation sites (tertiary alicyclic amines) is 1. The topological polar surface area (TPSA) is 43.8 Å². The Morgan fingerprint density at radius 1 is 1.55 bits per heavy atom. The summed E-state index contributed by atoms with van der Waals surface area (Å²) >= 11 is 1.51. The minimum absolute atomic E-state index is 0.215. The average molecular weight is 296 g/mol. The van der Waals surface area contributed by atoms with Crippen molar-refractivity contribution in [3.63, 3.8) is 0 Å². The second-order valence-corrected chi connectivity index (χ2v) is 6.75. The van der Waals surface area contributed by atoms with Gasteiger partial charge in [0.15, 0.2) is 5.78 Å². The molecule has 2 unspecified atom stereocenters. The summed E-state index contributed by atoms with van der Waals surface area (Å²) in [7, 11) is 4.12. The van der Waals surface area contributed by atoms with Crippen LogP contribution in [0, 0.1) is 0 Å². The zero-order chi connectivity index (χ0) is 14.5. The highest BCUT2D eigenvalue weighted by Gasteiger charge is 2.30. The second-order valence-electron chi connectivity index (χ2n) is 5.80. The van der Waals surface area contributed by atoms with E-state index in [2.05, 4.69) is 23.9 Å². The minimum atomic E-state index is -0.215. The molecule has 1 aromatic rings. The van der Waals surface area contributed by atoms with Gasteiger partial charge in [0, 0.05) is 25.6 Å². The lowest BCUT2D eigenvalue weighted by Gasteiger charge is -2.26. The molecule has 0 aliphatic carbocycles. The number of hydrogen-bond donors (Lipinski definition) is 1. The third-order valence-corrected chi connectivity index (χ3v) is 4.64. The Morgan fingerprint density at radius 3 is 3.00 bits per heavy atom. The lowest BCUT2D eigenvalue weighted by atomic mass is 10.1. The van der Waals surface area contributed by atoms with E-state index in [-0.39, 0.29) is 11.9 Å². The second kappa shape index (κ2) is 7.31. The number of aliphatic hydroxyl groups is 1. The van der Waals surface area contributed by atoms with Crippen LogP contribution in [0.25, 0.3) is 0 Å². The summed E-state index contributed by atoms with van der Waals surface area (Å²) < 4.78 is 0. The zero-order valence-corrected chi connectivity index (χ0v) is 13.1. The summed E-state index contributed by atoms with van der Waals surface area (Å²) in [5.41, 5.74) is 0. The van der Waals surface area contributed by atoms with E-state index >= 15 is 0 Å². The highest BCUT2D eigenvalue weighted by molar-refractivity contribution is 7.12. The molecule has 0 aromatic carbocycles. The van der Waals surface area contributed by atoms with E-state index in [0.29, 0.717) is 12.5 Å². The highest BCUT2D eigenvalue weighted by atomic mass is 32.1. The van der Waals surface area contributed by atoms with Crippen molar-refractivity contribution in [2.45, 2.75) is 31.4 Å². The van der Waals surface area contributed by atoms with Gasteiger partial charge in [0.1, 0.15) is 0 Å². The lowest BCUT2D eigenvalue weighted by molar-refractivity contribution is 0.0975. The van der Waals surface area contributed by atoms with E-state index in [9.17, 15) is 9.90 Å². The van der Waals surface area contributed by atoms with E-state index in [1.165, 1.54) is 11.3 Å². The summed E-state index contributed by atoms with van der Waals surface area (Å²) in [6.07, 6.45) is 2.10. The van der Waals surface area contributed by atoms with Crippen LogP contribution in [0.15, 0.2) is 17.5 Å². The van der Waals surface area contributed by atoms with E-state index in [4.69, 9.17) is 0 Å². The van der Waals surface area contributed by atoms with Crippen LogP contribution in [0.1, 0.15) is 28.9 Å². The maximum atomic E-state index is 11.9. The number of rotatable bonds is 7. The monoisotopic (exact) mass is 296 g/mol. The van der Waals surface area contributed by atoms with E-state index in [0.717, 1.165) is 37.4 Å². The molecule has 2 rings (SSSR count). The van der Waals surface area contributed by atoms with Gasteiger partial charge in [-0.25, -0.2) is 0 Å². The smallest absolute Gasteiger partial charge is 0.172 e. The maximum Gasteiger partial charge on any atom is 0.172 e. The molecule has 1 saturated heterocycles. The number of aliphatic hydroxyl groups excluding tert-OH is 1. The molecule has 1 fully saturated rings. The molecule has 5 heteroatoms. The van der Waals surface area contributed by atoms with Gasteiger partial charge in [-0.3, -0.25) is 9.69 Å². The molecule has 1 aliphatic rings. The van der Waals surface area contributed by atoms with Gasteiger partial charge in [-0.05, 0) is 44.9 Å². The molecular formula is C15H24N2O2S. The van der Waals surface area contributed by atoms with Crippen LogP contribution in [-0.4, -0.2) is 66.6 Å². The quantitative estimate of drug-likeness (QED) is 0.778. The van der Waals surface area contributed by atoms with E-state index in [1.807, 2.05) is 17.5 Å². The van der Waals surface area contributed by atoms with Crippen LogP contribution in [0.2, 0.25) is 0 Å². The Kier molecular flexibility index (Phi) is 5.72. The molecule has 1 aromatic heterocycles. The van der Waals surface area contributed by atoms with Gasteiger partial charge in [0.2, 0.25) is 0 Å².